The second-order valence-electron chi connectivity index (χ2n) is 4.82. The van der Waals surface area contributed by atoms with Crippen LogP contribution in [-0.4, -0.2) is 38.9 Å². The molecule has 0 aromatic carbocycles. The van der Waals surface area contributed by atoms with Crippen LogP contribution in [0.2, 0.25) is 0 Å². The average molecular weight is 228 g/mol. The predicted octanol–water partition coefficient (Wildman–Crippen LogP) is 1.82. The van der Waals surface area contributed by atoms with Crippen LogP contribution in [0.15, 0.2) is 0 Å². The minimum Gasteiger partial charge on any atom is -0.465 e. The first-order chi connectivity index (χ1) is 7.16. The molecule has 0 aliphatic rings. The molecule has 0 aromatic rings. The molecule has 0 bridgehead atoms. The van der Waals surface area contributed by atoms with Gasteiger partial charge < -0.3 is 10.2 Å². The van der Waals surface area contributed by atoms with Crippen LogP contribution in [0.1, 0.15) is 40.5 Å². The van der Waals surface area contributed by atoms with Crippen molar-refractivity contribution in [2.45, 2.75) is 51.7 Å². The smallest absolute Gasteiger partial charge is 0.408 e. The molecule has 5 nitrogen and oxygen atoms in total. The summed E-state index contributed by atoms with van der Waals surface area (Å²) >= 11 is 0. The molecule has 1 unspecified atom stereocenters. The normalized spacial score (nSPS) is 15.0. The Bertz CT molecular complexity index is 291. The van der Waals surface area contributed by atoms with Crippen LogP contribution in [0.4, 0.5) is 4.79 Å². The molecule has 0 radical (unpaired) electrons. The number of amides is 1. The molecule has 5 heteroatoms. The van der Waals surface area contributed by atoms with E-state index in [1.54, 1.807) is 6.92 Å². The van der Waals surface area contributed by atoms with Gasteiger partial charge in [-0.2, -0.15) is 5.26 Å². The second-order valence-corrected chi connectivity index (χ2v) is 4.82. The minimum absolute atomic E-state index is 0.0770. The van der Waals surface area contributed by atoms with Crippen LogP contribution in [0.3, 0.4) is 0 Å². The molecule has 1 amide bonds. The molecule has 1 atom stereocenters. The Balaban J connectivity index is 5.04. The Kier molecular flexibility index (Phi) is 4.76. The van der Waals surface area contributed by atoms with Gasteiger partial charge in [0.1, 0.15) is 5.54 Å². The quantitative estimate of drug-likeness (QED) is 0.751. The summed E-state index contributed by atoms with van der Waals surface area (Å²) in [6.45, 7) is 6.43. The molecular weight excluding hydrogens is 208 g/mol. The zero-order chi connectivity index (χ0) is 13.0. The summed E-state index contributed by atoms with van der Waals surface area (Å²) in [6.07, 6.45) is -0.0226. The van der Waals surface area contributed by atoms with E-state index < -0.39 is 17.2 Å². The Morgan fingerprint density at radius 3 is 2.19 bits per heavy atom. The lowest BCUT2D eigenvalue weighted by molar-refractivity contribution is 0.0113. The first-order valence-electron chi connectivity index (χ1n) is 5.30. The second kappa shape index (κ2) is 5.17. The molecule has 0 aromatic heterocycles. The van der Waals surface area contributed by atoms with E-state index in [9.17, 15) is 9.90 Å². The maximum absolute atomic E-state index is 11.1. The van der Waals surface area contributed by atoms with Crippen molar-refractivity contribution in [1.29, 1.82) is 5.26 Å². The fourth-order valence-corrected chi connectivity index (χ4v) is 1.58. The Labute approximate surface area is 96.3 Å². The fraction of sp³-hybridized carbons (Fsp3) is 0.818. The van der Waals surface area contributed by atoms with Crippen LogP contribution in [-0.2, 0) is 0 Å². The van der Waals surface area contributed by atoms with Gasteiger partial charge in [-0.1, -0.05) is 13.3 Å². The van der Waals surface area contributed by atoms with Crippen molar-refractivity contribution in [3.05, 3.63) is 0 Å². The van der Waals surface area contributed by atoms with Crippen molar-refractivity contribution in [3.8, 4) is 6.07 Å². The third kappa shape index (κ3) is 4.07. The number of nitrogens with zero attached hydrogens (tertiary/aromatic N) is 2. The van der Waals surface area contributed by atoms with Gasteiger partial charge in [-0.05, 0) is 27.2 Å². The predicted molar refractivity (Wildman–Crippen MR) is 60.0 cm³/mol. The van der Waals surface area contributed by atoms with Crippen molar-refractivity contribution >= 4 is 6.09 Å². The molecule has 0 aliphatic heterocycles. The van der Waals surface area contributed by atoms with Gasteiger partial charge in [0.2, 0.25) is 0 Å². The number of nitriles is 1. The summed E-state index contributed by atoms with van der Waals surface area (Å²) < 4.78 is 0. The zero-order valence-electron chi connectivity index (χ0n) is 10.3. The number of carbonyl (C=O) groups is 1. The lowest BCUT2D eigenvalue weighted by Gasteiger charge is -2.37. The highest BCUT2D eigenvalue weighted by atomic mass is 16.4. The van der Waals surface area contributed by atoms with E-state index in [0.717, 1.165) is 4.90 Å². The summed E-state index contributed by atoms with van der Waals surface area (Å²) in [4.78, 5) is 12.1. The van der Waals surface area contributed by atoms with Gasteiger partial charge in [-0.15, -0.1) is 0 Å². The van der Waals surface area contributed by atoms with Gasteiger partial charge in [0.25, 0.3) is 0 Å². The zero-order valence-corrected chi connectivity index (χ0v) is 10.3. The Morgan fingerprint density at radius 1 is 1.44 bits per heavy atom. The number of rotatable bonds is 5. The van der Waals surface area contributed by atoms with E-state index in [1.165, 1.54) is 13.8 Å². The van der Waals surface area contributed by atoms with Gasteiger partial charge in [0.15, 0.2) is 0 Å². The first-order valence-corrected chi connectivity index (χ1v) is 5.30. The number of β-amino-alcohol motifs (C(OH)–C–C–N with tert-alkyl or cyclic N) is 1. The third-order valence-corrected chi connectivity index (χ3v) is 2.35. The average Bonchev–Trinajstić information content (AvgIpc) is 2.12. The monoisotopic (exact) mass is 228 g/mol. The number of hydrogen-bond acceptors (Lipinski definition) is 3. The van der Waals surface area contributed by atoms with Crippen LogP contribution in [0.5, 0.6) is 0 Å². The summed E-state index contributed by atoms with van der Waals surface area (Å²) in [5, 5.41) is 27.8. The lowest BCUT2D eigenvalue weighted by Crippen LogP contribution is -2.53. The van der Waals surface area contributed by atoms with Crippen molar-refractivity contribution < 1.29 is 15.0 Å². The van der Waals surface area contributed by atoms with Crippen LogP contribution in [0.25, 0.3) is 0 Å². The van der Waals surface area contributed by atoms with Gasteiger partial charge >= 0.3 is 6.09 Å². The van der Waals surface area contributed by atoms with Crippen molar-refractivity contribution in [3.63, 3.8) is 0 Å². The standard InChI is InChI=1S/C11H20N2O3/c1-5-6-11(4,7-12)13(9(14)15)8-10(2,3)16/h16H,5-6,8H2,1-4H3,(H,14,15). The van der Waals surface area contributed by atoms with Crippen LogP contribution < -0.4 is 0 Å². The summed E-state index contributed by atoms with van der Waals surface area (Å²) in [6, 6.07) is 2.02. The Hall–Kier alpha value is -1.28. The summed E-state index contributed by atoms with van der Waals surface area (Å²) in [5.74, 6) is 0. The van der Waals surface area contributed by atoms with Crippen molar-refractivity contribution in [1.82, 2.24) is 4.90 Å². The molecule has 0 heterocycles. The topological polar surface area (TPSA) is 84.6 Å². The first kappa shape index (κ1) is 14.7. The summed E-state index contributed by atoms with van der Waals surface area (Å²) in [5.41, 5.74) is -2.23. The van der Waals surface area contributed by atoms with E-state index in [0.29, 0.717) is 12.8 Å². The SMILES string of the molecule is CCCC(C)(C#N)N(CC(C)(C)O)C(=O)O. The van der Waals surface area contributed by atoms with Gasteiger partial charge in [0.05, 0.1) is 18.2 Å². The molecule has 2 N–H and O–H groups in total. The highest BCUT2D eigenvalue weighted by molar-refractivity contribution is 5.67. The van der Waals surface area contributed by atoms with E-state index in [-0.39, 0.29) is 6.54 Å². The summed E-state index contributed by atoms with van der Waals surface area (Å²) in [7, 11) is 0. The number of hydrogen-bond donors (Lipinski definition) is 2. The van der Waals surface area contributed by atoms with E-state index in [1.807, 2.05) is 13.0 Å². The molecule has 16 heavy (non-hydrogen) atoms. The van der Waals surface area contributed by atoms with Gasteiger partial charge in [-0.25, -0.2) is 4.79 Å². The molecule has 0 rings (SSSR count). The molecule has 0 saturated carbocycles. The Morgan fingerprint density at radius 2 is 1.94 bits per heavy atom. The number of carboxylic acid groups (broad SMARTS) is 1. The lowest BCUT2D eigenvalue weighted by atomic mass is 9.94. The molecule has 0 fully saturated rings. The molecule has 92 valence electrons. The largest absolute Gasteiger partial charge is 0.465 e. The van der Waals surface area contributed by atoms with Gasteiger partial charge in [0, 0.05) is 0 Å². The van der Waals surface area contributed by atoms with E-state index in [4.69, 9.17) is 10.4 Å². The maximum Gasteiger partial charge on any atom is 0.408 e. The minimum atomic E-state index is -1.18. The van der Waals surface area contributed by atoms with Crippen molar-refractivity contribution in [2.24, 2.45) is 0 Å². The number of aliphatic hydroxyl groups is 1. The molecular formula is C11H20N2O3. The van der Waals surface area contributed by atoms with Crippen molar-refractivity contribution in [2.75, 3.05) is 6.54 Å². The van der Waals surface area contributed by atoms with E-state index >= 15 is 0 Å². The highest BCUT2D eigenvalue weighted by Gasteiger charge is 2.37. The maximum atomic E-state index is 11.1. The molecule has 0 spiro atoms. The molecule has 0 saturated heterocycles. The molecule has 0 aliphatic carbocycles. The van der Waals surface area contributed by atoms with Gasteiger partial charge in [-0.3, -0.25) is 4.90 Å². The van der Waals surface area contributed by atoms with Crippen LogP contribution in [0, 0.1) is 11.3 Å². The fourth-order valence-electron chi connectivity index (χ4n) is 1.58. The third-order valence-electron chi connectivity index (χ3n) is 2.35. The van der Waals surface area contributed by atoms with Crippen LogP contribution >= 0.6 is 0 Å². The van der Waals surface area contributed by atoms with E-state index in [2.05, 4.69) is 0 Å². The highest BCUT2D eigenvalue weighted by Crippen LogP contribution is 2.23.